The second-order valence-corrected chi connectivity index (χ2v) is 6.64. The van der Waals surface area contributed by atoms with Crippen LogP contribution in [-0.4, -0.2) is 30.1 Å². The van der Waals surface area contributed by atoms with Crippen LogP contribution in [0.4, 0.5) is 0 Å². The fraction of sp³-hybridized carbons (Fsp3) is 0.273. The number of rotatable bonds is 4. The molecule has 5 nitrogen and oxygen atoms in total. The summed E-state index contributed by atoms with van der Waals surface area (Å²) < 4.78 is 11.6. The number of carbonyl (C=O) groups is 1. The van der Waals surface area contributed by atoms with Crippen molar-refractivity contribution in [3.8, 4) is 11.5 Å². The highest BCUT2D eigenvalue weighted by Gasteiger charge is 2.23. The average Bonchev–Trinajstić information content (AvgIpc) is 2.71. The summed E-state index contributed by atoms with van der Waals surface area (Å²) in [6.45, 7) is 4.80. The van der Waals surface area contributed by atoms with Gasteiger partial charge in [0.25, 0.3) is 5.91 Å². The zero-order chi connectivity index (χ0) is 18.8. The van der Waals surface area contributed by atoms with Crippen LogP contribution in [0.1, 0.15) is 28.5 Å². The molecule has 2 heterocycles. The summed E-state index contributed by atoms with van der Waals surface area (Å²) in [6.07, 6.45) is 0.565. The lowest BCUT2D eigenvalue weighted by Gasteiger charge is -2.26. The first-order valence-corrected chi connectivity index (χ1v) is 9.22. The van der Waals surface area contributed by atoms with E-state index < -0.39 is 0 Å². The van der Waals surface area contributed by atoms with Gasteiger partial charge in [0.15, 0.2) is 11.5 Å². The van der Waals surface area contributed by atoms with Crippen molar-refractivity contribution in [3.05, 3.63) is 65.4 Å². The maximum Gasteiger partial charge on any atom is 0.252 e. The van der Waals surface area contributed by atoms with Crippen LogP contribution < -0.4 is 14.8 Å². The molecule has 1 atom stereocenters. The van der Waals surface area contributed by atoms with Crippen LogP contribution in [0.5, 0.6) is 11.5 Å². The van der Waals surface area contributed by atoms with E-state index in [4.69, 9.17) is 9.47 Å². The summed E-state index contributed by atoms with van der Waals surface area (Å²) in [7, 11) is 0. The predicted molar refractivity (Wildman–Crippen MR) is 105 cm³/mol. The maximum absolute atomic E-state index is 13.0. The van der Waals surface area contributed by atoms with Gasteiger partial charge in [-0.05, 0) is 37.1 Å². The van der Waals surface area contributed by atoms with E-state index in [1.54, 1.807) is 0 Å². The van der Waals surface area contributed by atoms with Crippen LogP contribution in [0, 0.1) is 6.92 Å². The van der Waals surface area contributed by atoms with Crippen molar-refractivity contribution in [1.29, 1.82) is 0 Å². The van der Waals surface area contributed by atoms with Crippen LogP contribution >= 0.6 is 0 Å². The van der Waals surface area contributed by atoms with Crippen molar-refractivity contribution < 1.29 is 14.3 Å². The lowest BCUT2D eigenvalue weighted by atomic mass is 9.99. The number of amides is 1. The Morgan fingerprint density at radius 1 is 1.15 bits per heavy atom. The molecular weight excluding hydrogens is 340 g/mol. The van der Waals surface area contributed by atoms with Gasteiger partial charge in [-0.2, -0.15) is 0 Å². The van der Waals surface area contributed by atoms with E-state index in [2.05, 4.69) is 17.2 Å². The average molecular weight is 362 g/mol. The molecule has 3 aromatic rings. The van der Waals surface area contributed by atoms with E-state index in [0.717, 1.165) is 34.3 Å². The van der Waals surface area contributed by atoms with E-state index in [1.807, 2.05) is 55.5 Å². The topological polar surface area (TPSA) is 60.5 Å². The summed E-state index contributed by atoms with van der Waals surface area (Å²) >= 11 is 0. The Balaban J connectivity index is 1.55. The van der Waals surface area contributed by atoms with Crippen molar-refractivity contribution in [2.75, 3.05) is 13.2 Å². The van der Waals surface area contributed by atoms with E-state index in [1.165, 1.54) is 0 Å². The first-order chi connectivity index (χ1) is 13.2. The third-order valence-electron chi connectivity index (χ3n) is 4.86. The van der Waals surface area contributed by atoms with Crippen LogP contribution in [0.25, 0.3) is 10.9 Å². The minimum absolute atomic E-state index is 0.108. The van der Waals surface area contributed by atoms with E-state index >= 15 is 0 Å². The standard InChI is InChI=1S/C22H22N2O3/c1-3-17-14(2)21(16-8-4-5-9-18(16)24-17)22(25)23-12-15-13-26-19-10-6-7-11-20(19)27-15/h4-11,15H,3,12-13H2,1-2H3,(H,23,25). The Hall–Kier alpha value is -3.08. The van der Waals surface area contributed by atoms with Gasteiger partial charge in [-0.3, -0.25) is 9.78 Å². The molecule has 2 aromatic carbocycles. The zero-order valence-electron chi connectivity index (χ0n) is 15.5. The fourth-order valence-corrected chi connectivity index (χ4v) is 3.45. The Morgan fingerprint density at radius 2 is 1.89 bits per heavy atom. The number of benzene rings is 2. The number of carbonyl (C=O) groups excluding carboxylic acids is 1. The lowest BCUT2D eigenvalue weighted by molar-refractivity contribution is 0.0789. The molecule has 0 radical (unpaired) electrons. The highest BCUT2D eigenvalue weighted by molar-refractivity contribution is 6.07. The van der Waals surface area contributed by atoms with Gasteiger partial charge in [-0.1, -0.05) is 37.3 Å². The van der Waals surface area contributed by atoms with Gasteiger partial charge in [0.1, 0.15) is 12.7 Å². The number of para-hydroxylation sites is 3. The largest absolute Gasteiger partial charge is 0.486 e. The van der Waals surface area contributed by atoms with Crippen molar-refractivity contribution in [3.63, 3.8) is 0 Å². The highest BCUT2D eigenvalue weighted by atomic mass is 16.6. The van der Waals surface area contributed by atoms with Crippen molar-refractivity contribution in [1.82, 2.24) is 10.3 Å². The molecule has 1 aliphatic heterocycles. The predicted octanol–water partition coefficient (Wildman–Crippen LogP) is 3.68. The summed E-state index contributed by atoms with van der Waals surface area (Å²) in [5.74, 6) is 1.34. The first-order valence-electron chi connectivity index (χ1n) is 9.22. The molecule has 0 saturated heterocycles. The number of aryl methyl sites for hydroxylation is 1. The Kier molecular flexibility index (Phi) is 4.67. The third kappa shape index (κ3) is 3.33. The number of hydrogen-bond donors (Lipinski definition) is 1. The number of hydrogen-bond acceptors (Lipinski definition) is 4. The minimum Gasteiger partial charge on any atom is -0.486 e. The molecule has 138 valence electrons. The van der Waals surface area contributed by atoms with Gasteiger partial charge >= 0.3 is 0 Å². The number of nitrogens with zero attached hydrogens (tertiary/aromatic N) is 1. The number of pyridine rings is 1. The molecule has 5 heteroatoms. The van der Waals surface area contributed by atoms with Crippen LogP contribution in [0.15, 0.2) is 48.5 Å². The Labute approximate surface area is 158 Å². The van der Waals surface area contributed by atoms with Crippen LogP contribution in [0.3, 0.4) is 0 Å². The number of fused-ring (bicyclic) bond motifs is 2. The summed E-state index contributed by atoms with van der Waals surface area (Å²) in [4.78, 5) is 17.7. The number of nitrogens with one attached hydrogen (secondary N) is 1. The van der Waals surface area contributed by atoms with Crippen molar-refractivity contribution >= 4 is 16.8 Å². The highest BCUT2D eigenvalue weighted by Crippen LogP contribution is 2.30. The van der Waals surface area contributed by atoms with Crippen molar-refractivity contribution in [2.24, 2.45) is 0 Å². The van der Waals surface area contributed by atoms with Gasteiger partial charge in [0, 0.05) is 11.1 Å². The van der Waals surface area contributed by atoms with Crippen LogP contribution in [-0.2, 0) is 6.42 Å². The Morgan fingerprint density at radius 3 is 2.70 bits per heavy atom. The smallest absolute Gasteiger partial charge is 0.252 e. The molecule has 1 unspecified atom stereocenters. The first kappa shape index (κ1) is 17.3. The fourth-order valence-electron chi connectivity index (χ4n) is 3.45. The second-order valence-electron chi connectivity index (χ2n) is 6.64. The monoisotopic (exact) mass is 362 g/mol. The molecule has 1 N–H and O–H groups in total. The van der Waals surface area contributed by atoms with Gasteiger partial charge in [0.05, 0.1) is 17.6 Å². The normalized spacial score (nSPS) is 15.6. The molecule has 1 aromatic heterocycles. The van der Waals surface area contributed by atoms with Gasteiger partial charge < -0.3 is 14.8 Å². The molecule has 0 aliphatic carbocycles. The lowest BCUT2D eigenvalue weighted by Crippen LogP contribution is -2.41. The third-order valence-corrected chi connectivity index (χ3v) is 4.86. The minimum atomic E-state index is -0.220. The quantitative estimate of drug-likeness (QED) is 0.769. The number of aromatic nitrogens is 1. The molecule has 0 saturated carbocycles. The molecule has 4 rings (SSSR count). The summed E-state index contributed by atoms with van der Waals surface area (Å²) in [6, 6.07) is 15.3. The molecule has 1 aliphatic rings. The SMILES string of the molecule is CCc1nc2ccccc2c(C(=O)NCC2COc3ccccc3O2)c1C. The van der Waals surface area contributed by atoms with Crippen molar-refractivity contribution in [2.45, 2.75) is 26.4 Å². The molecule has 0 fully saturated rings. The maximum atomic E-state index is 13.0. The zero-order valence-corrected chi connectivity index (χ0v) is 15.5. The van der Waals surface area contributed by atoms with Crippen LogP contribution in [0.2, 0.25) is 0 Å². The van der Waals surface area contributed by atoms with Gasteiger partial charge in [0.2, 0.25) is 0 Å². The molecule has 27 heavy (non-hydrogen) atoms. The summed E-state index contributed by atoms with van der Waals surface area (Å²) in [5, 5.41) is 3.88. The van der Waals surface area contributed by atoms with E-state index in [9.17, 15) is 4.79 Å². The molecule has 0 bridgehead atoms. The van der Waals surface area contributed by atoms with Gasteiger partial charge in [-0.25, -0.2) is 0 Å². The van der Waals surface area contributed by atoms with Gasteiger partial charge in [-0.15, -0.1) is 0 Å². The summed E-state index contributed by atoms with van der Waals surface area (Å²) in [5.41, 5.74) is 3.41. The second kappa shape index (κ2) is 7.27. The number of ether oxygens (including phenoxy) is 2. The molecule has 1 amide bonds. The van der Waals surface area contributed by atoms with E-state index in [0.29, 0.717) is 24.5 Å². The molecule has 0 spiro atoms. The van der Waals surface area contributed by atoms with E-state index in [-0.39, 0.29) is 12.0 Å². The Bertz CT molecular complexity index is 1000. The molecular formula is C22H22N2O3.